The maximum atomic E-state index is 13.4. The number of aliphatic carboxylic acids is 1. The molecule has 1 aliphatic carbocycles. The molecule has 1 aromatic rings. The smallest absolute Gasteiger partial charge is 0.547 e. The molecule has 4 aliphatic rings. The normalized spacial score (nSPS) is 37.3. The Labute approximate surface area is 311 Å². The van der Waals surface area contributed by atoms with Crippen molar-refractivity contribution in [1.29, 1.82) is 0 Å². The fourth-order valence-corrected chi connectivity index (χ4v) is 6.86. The maximum absolute atomic E-state index is 13.4. The van der Waals surface area contributed by atoms with E-state index in [9.17, 15) is 45.3 Å². The minimum absolute atomic E-state index is 0. The number of aliphatic hydroxyl groups excluding tert-OH is 6. The second-order valence-electron chi connectivity index (χ2n) is 13.0. The number of hydrogen-bond acceptors (Lipinski definition) is 16. The van der Waals surface area contributed by atoms with Gasteiger partial charge in [-0.3, -0.25) is 0 Å². The van der Waals surface area contributed by atoms with Crippen LogP contribution in [0.15, 0.2) is 30.3 Å². The summed E-state index contributed by atoms with van der Waals surface area (Å²) in [5.74, 6) is -2.34. The Hall–Kier alpha value is -1.32. The van der Waals surface area contributed by atoms with E-state index >= 15 is 0 Å². The third kappa shape index (κ3) is 10.2. The molecular weight excluding hydrogens is 675 g/mol. The summed E-state index contributed by atoms with van der Waals surface area (Å²) in [5, 5.41) is 74.6. The number of esters is 1. The zero-order valence-corrected chi connectivity index (χ0v) is 30.0. The summed E-state index contributed by atoms with van der Waals surface area (Å²) in [4.78, 5) is 25.8. The fraction of sp³-hybridized carbons (Fsp3) is 0.758. The van der Waals surface area contributed by atoms with Crippen molar-refractivity contribution in [2.24, 2.45) is 5.92 Å². The molecule has 276 valence electrons. The van der Waals surface area contributed by atoms with Crippen LogP contribution in [-0.4, -0.2) is 149 Å². The van der Waals surface area contributed by atoms with Crippen molar-refractivity contribution in [3.8, 4) is 0 Å². The third-order valence-corrected chi connectivity index (χ3v) is 9.61. The zero-order chi connectivity index (χ0) is 35.1. The molecule has 50 heavy (non-hydrogen) atoms. The van der Waals surface area contributed by atoms with Gasteiger partial charge in [0.15, 0.2) is 18.7 Å². The Morgan fingerprint density at radius 3 is 2.18 bits per heavy atom. The Kier molecular flexibility index (Phi) is 16.3. The second kappa shape index (κ2) is 19.7. The SMILES string of the molecule is O=C(O[C@H]1[C@H](O[C@H]2CCOC(CO)[C@H]2O[C@@H]2OC[C@@H](O)[C@@H](O)[C@@H]2O)O[C@@H](CO)[C@H](O)[C@@H]1O[C@H](CC1CCCCC1)C(=O)[O-])c1ccccc1.[Na+]. The van der Waals surface area contributed by atoms with Crippen LogP contribution in [0.1, 0.15) is 55.3 Å². The van der Waals surface area contributed by atoms with E-state index < -0.39 is 105 Å². The van der Waals surface area contributed by atoms with Gasteiger partial charge in [0.25, 0.3) is 0 Å². The molecular formula is C33H47NaO16. The monoisotopic (exact) mass is 722 g/mol. The largest absolute Gasteiger partial charge is 1.00 e. The number of carboxylic acids is 1. The molecule has 0 spiro atoms. The van der Waals surface area contributed by atoms with Crippen LogP contribution in [0.3, 0.4) is 0 Å². The first-order valence-corrected chi connectivity index (χ1v) is 16.9. The number of rotatable bonds is 13. The summed E-state index contributed by atoms with van der Waals surface area (Å²) >= 11 is 0. The van der Waals surface area contributed by atoms with Crippen molar-refractivity contribution in [1.82, 2.24) is 0 Å². The number of benzene rings is 1. The van der Waals surface area contributed by atoms with Crippen LogP contribution >= 0.6 is 0 Å². The molecule has 3 heterocycles. The van der Waals surface area contributed by atoms with Gasteiger partial charge in [-0.25, -0.2) is 4.79 Å². The van der Waals surface area contributed by atoms with E-state index in [1.165, 1.54) is 12.1 Å². The number of ether oxygens (including phenoxy) is 7. The van der Waals surface area contributed by atoms with Gasteiger partial charge in [0, 0.05) is 6.61 Å². The van der Waals surface area contributed by atoms with Gasteiger partial charge in [-0.05, 0) is 30.9 Å². The average Bonchev–Trinajstić information content (AvgIpc) is 3.11. The summed E-state index contributed by atoms with van der Waals surface area (Å²) in [6.07, 6.45) is -13.9. The molecule has 3 saturated heterocycles. The molecule has 13 atom stereocenters. The molecule has 0 radical (unpaired) electrons. The average molecular weight is 723 g/mol. The predicted octanol–water partition coefficient (Wildman–Crippen LogP) is -5.24. The van der Waals surface area contributed by atoms with E-state index in [-0.39, 0.29) is 67.1 Å². The number of hydrogen-bond donors (Lipinski definition) is 6. The molecule has 0 aromatic heterocycles. The minimum atomic E-state index is -1.67. The molecule has 0 amide bonds. The topological polar surface area (TPSA) is 243 Å². The van der Waals surface area contributed by atoms with Gasteiger partial charge in [0.05, 0.1) is 43.6 Å². The summed E-state index contributed by atoms with van der Waals surface area (Å²) in [5.41, 5.74) is 0.134. The van der Waals surface area contributed by atoms with E-state index in [2.05, 4.69) is 0 Å². The van der Waals surface area contributed by atoms with Gasteiger partial charge in [-0.15, -0.1) is 0 Å². The summed E-state index contributed by atoms with van der Waals surface area (Å²) in [7, 11) is 0. The van der Waals surface area contributed by atoms with E-state index in [1.54, 1.807) is 18.2 Å². The van der Waals surface area contributed by atoms with Crippen molar-refractivity contribution in [3.05, 3.63) is 35.9 Å². The van der Waals surface area contributed by atoms with Gasteiger partial charge in [-0.1, -0.05) is 50.3 Å². The van der Waals surface area contributed by atoms with Crippen molar-refractivity contribution >= 4 is 11.9 Å². The van der Waals surface area contributed by atoms with Gasteiger partial charge in [-0.2, -0.15) is 0 Å². The van der Waals surface area contributed by atoms with E-state index in [1.807, 2.05) is 0 Å². The fourth-order valence-electron chi connectivity index (χ4n) is 6.86. The first-order chi connectivity index (χ1) is 23.6. The van der Waals surface area contributed by atoms with Crippen LogP contribution in [0.5, 0.6) is 0 Å². The molecule has 5 rings (SSSR count). The van der Waals surface area contributed by atoms with Crippen molar-refractivity contribution in [2.75, 3.05) is 26.4 Å². The van der Waals surface area contributed by atoms with Crippen molar-refractivity contribution in [3.63, 3.8) is 0 Å². The maximum Gasteiger partial charge on any atom is 1.00 e. The van der Waals surface area contributed by atoms with Crippen LogP contribution in [0.25, 0.3) is 0 Å². The van der Waals surface area contributed by atoms with Gasteiger partial charge >= 0.3 is 35.5 Å². The molecule has 6 N–H and O–H groups in total. The van der Waals surface area contributed by atoms with Crippen LogP contribution in [0.2, 0.25) is 0 Å². The number of carbonyl (C=O) groups is 2. The molecule has 1 unspecified atom stereocenters. The van der Waals surface area contributed by atoms with Crippen molar-refractivity contribution in [2.45, 2.75) is 125 Å². The van der Waals surface area contributed by atoms with Gasteiger partial charge in [0.1, 0.15) is 48.8 Å². The van der Waals surface area contributed by atoms with E-state index in [4.69, 9.17) is 33.2 Å². The molecule has 4 fully saturated rings. The Morgan fingerprint density at radius 1 is 0.820 bits per heavy atom. The molecule has 0 bridgehead atoms. The Bertz CT molecular complexity index is 1190. The molecule has 1 aromatic carbocycles. The van der Waals surface area contributed by atoms with Crippen LogP contribution in [0.4, 0.5) is 0 Å². The molecule has 17 heteroatoms. The standard InChI is InChI=1S/C33H48O16.Na/c34-14-22-25(38)28(45-21(30(40)41)13-17-7-3-1-4-8-17)29(48-31(42)18-9-5-2-6-10-18)33(47-22)46-20-11-12-43-23(15-35)27(20)49-32-26(39)24(37)19(36)16-44-32;/h2,5-6,9-10,17,19-29,32-39H,1,3-4,7-8,11-16H2,(H,40,41);/q;+1/p-1/t19-,20+,21-,22+,23?,24-,25+,26+,27+,28+,29-,32+,33-;/m1./s1. The summed E-state index contributed by atoms with van der Waals surface area (Å²) < 4.78 is 41.1. The minimum Gasteiger partial charge on any atom is -0.547 e. The number of carboxylic acid groups (broad SMARTS) is 1. The Balaban J connectivity index is 0.00000562. The van der Waals surface area contributed by atoms with E-state index in [0.29, 0.717) is 0 Å². The summed E-state index contributed by atoms with van der Waals surface area (Å²) in [6, 6.07) is 7.90. The first kappa shape index (κ1) is 41.4. The summed E-state index contributed by atoms with van der Waals surface area (Å²) in [6.45, 7) is -1.60. The predicted molar refractivity (Wildman–Crippen MR) is 161 cm³/mol. The number of carbonyl (C=O) groups excluding carboxylic acids is 2. The number of aliphatic hydroxyl groups is 6. The quantitative estimate of drug-likeness (QED) is 0.0823. The van der Waals surface area contributed by atoms with Crippen molar-refractivity contribution < 1.29 is 108 Å². The van der Waals surface area contributed by atoms with Crippen LogP contribution < -0.4 is 34.7 Å². The van der Waals surface area contributed by atoms with Gasteiger partial charge in [0.2, 0.25) is 0 Å². The third-order valence-electron chi connectivity index (χ3n) is 9.61. The molecule has 16 nitrogen and oxygen atoms in total. The van der Waals surface area contributed by atoms with E-state index in [0.717, 1.165) is 32.1 Å². The second-order valence-corrected chi connectivity index (χ2v) is 13.0. The molecule has 1 saturated carbocycles. The van der Waals surface area contributed by atoms with Gasteiger partial charge < -0.3 is 73.7 Å². The first-order valence-electron chi connectivity index (χ1n) is 16.9. The van der Waals surface area contributed by atoms with Crippen LogP contribution in [-0.2, 0) is 38.0 Å². The zero-order valence-electron chi connectivity index (χ0n) is 28.0. The molecule has 3 aliphatic heterocycles. The Morgan fingerprint density at radius 2 is 1.52 bits per heavy atom. The van der Waals surface area contributed by atoms with Crippen LogP contribution in [0, 0.1) is 5.92 Å².